The molecule has 0 bridgehead atoms. The molecule has 1 atom stereocenters. The molecule has 164 valence electrons. The zero-order valence-electron chi connectivity index (χ0n) is 18.1. The van der Waals surface area contributed by atoms with Crippen molar-refractivity contribution in [2.75, 3.05) is 51.7 Å². The van der Waals surface area contributed by atoms with Gasteiger partial charge in [0.25, 0.3) is 5.91 Å². The maximum absolute atomic E-state index is 13.6. The second kappa shape index (κ2) is 8.70. The van der Waals surface area contributed by atoms with Crippen LogP contribution in [0.4, 0.5) is 5.69 Å². The fourth-order valence-electron chi connectivity index (χ4n) is 3.78. The Bertz CT molecular complexity index is 880. The van der Waals surface area contributed by atoms with Gasteiger partial charge >= 0.3 is 0 Å². The molecule has 4 heterocycles. The van der Waals surface area contributed by atoms with E-state index < -0.39 is 8.07 Å². The average Bonchev–Trinajstić information content (AvgIpc) is 3.32. The van der Waals surface area contributed by atoms with Crippen LogP contribution in [0.2, 0.25) is 25.7 Å². The third-order valence-corrected chi connectivity index (χ3v) is 8.34. The average molecular weight is 451 g/mol. The minimum absolute atomic E-state index is 0.0194. The first-order chi connectivity index (χ1) is 14.4. The van der Waals surface area contributed by atoms with Crippen LogP contribution < -0.4 is 9.64 Å². The van der Waals surface area contributed by atoms with E-state index in [2.05, 4.69) is 34.7 Å². The van der Waals surface area contributed by atoms with Crippen LogP contribution in [0.1, 0.15) is 9.67 Å². The van der Waals surface area contributed by atoms with Crippen molar-refractivity contribution in [3.05, 3.63) is 17.3 Å². The Balaban J connectivity index is 1.64. The first-order valence-electron chi connectivity index (χ1n) is 10.3. The molecule has 2 aliphatic heterocycles. The van der Waals surface area contributed by atoms with Gasteiger partial charge in [0.15, 0.2) is 5.75 Å². The predicted molar refractivity (Wildman–Crippen MR) is 120 cm³/mol. The number of nitrogens with one attached hydrogen (secondary N) is 1. The molecule has 0 fully saturated rings. The van der Waals surface area contributed by atoms with E-state index in [9.17, 15) is 4.79 Å². The number of amides is 1. The lowest BCUT2D eigenvalue weighted by Gasteiger charge is -2.34. The van der Waals surface area contributed by atoms with Gasteiger partial charge in [-0.15, -0.1) is 11.3 Å². The number of carbonyl (C=O) groups is 1. The highest BCUT2D eigenvalue weighted by Crippen LogP contribution is 2.50. The molecule has 0 aliphatic carbocycles. The van der Waals surface area contributed by atoms with Gasteiger partial charge in [0, 0.05) is 40.1 Å². The number of H-pyrrole nitrogens is 1. The molecule has 30 heavy (non-hydrogen) atoms. The first kappa shape index (κ1) is 21.4. The van der Waals surface area contributed by atoms with Gasteiger partial charge in [-0.05, 0) is 6.04 Å². The number of aromatic amines is 1. The van der Waals surface area contributed by atoms with E-state index in [1.54, 1.807) is 13.3 Å². The van der Waals surface area contributed by atoms with Gasteiger partial charge < -0.3 is 24.0 Å². The third-order valence-electron chi connectivity index (χ3n) is 5.44. The molecule has 1 N–H and O–H groups in total. The Morgan fingerprint density at radius 2 is 2.20 bits per heavy atom. The van der Waals surface area contributed by atoms with Crippen molar-refractivity contribution in [2.24, 2.45) is 0 Å². The fraction of sp³-hybridized carbons (Fsp3) is 0.600. The first-order valence-corrected chi connectivity index (χ1v) is 14.8. The standard InChI is InChI=1S/C20H30N4O4SSi/c1-26-12-15-11-23-5-6-28-17-16(23)19(29-18(17)14-9-21-22-10-14)20(25)24(15)13-27-7-8-30(2,3)4/h9-10,15H,5-8,11-13H2,1-4H3,(H,21,22). The number of hydrogen-bond acceptors (Lipinski definition) is 7. The summed E-state index contributed by atoms with van der Waals surface area (Å²) in [6.45, 7) is 10.4. The van der Waals surface area contributed by atoms with E-state index in [4.69, 9.17) is 14.2 Å². The van der Waals surface area contributed by atoms with E-state index in [1.165, 1.54) is 11.3 Å². The van der Waals surface area contributed by atoms with E-state index in [-0.39, 0.29) is 18.7 Å². The Kier molecular flexibility index (Phi) is 6.19. The Morgan fingerprint density at radius 3 is 2.90 bits per heavy atom. The summed E-state index contributed by atoms with van der Waals surface area (Å²) in [4.78, 5) is 19.4. The number of aromatic nitrogens is 2. The Labute approximate surface area is 182 Å². The summed E-state index contributed by atoms with van der Waals surface area (Å²) in [7, 11) is 0.489. The number of rotatable bonds is 8. The monoisotopic (exact) mass is 450 g/mol. The van der Waals surface area contributed by atoms with Gasteiger partial charge in [-0.25, -0.2) is 0 Å². The van der Waals surface area contributed by atoms with E-state index in [0.717, 1.165) is 34.5 Å². The minimum atomic E-state index is -1.19. The molecule has 0 spiro atoms. The lowest BCUT2D eigenvalue weighted by atomic mass is 10.2. The predicted octanol–water partition coefficient (Wildman–Crippen LogP) is 3.12. The normalized spacial score (nSPS) is 18.9. The van der Waals surface area contributed by atoms with Crippen LogP contribution in [-0.4, -0.2) is 81.9 Å². The van der Waals surface area contributed by atoms with Crippen LogP contribution >= 0.6 is 11.3 Å². The maximum Gasteiger partial charge on any atom is 0.268 e. The molecule has 0 saturated carbocycles. The van der Waals surface area contributed by atoms with E-state index in [1.807, 2.05) is 11.1 Å². The van der Waals surface area contributed by atoms with Crippen LogP contribution in [-0.2, 0) is 9.47 Å². The highest BCUT2D eigenvalue weighted by molar-refractivity contribution is 7.18. The number of carbonyl (C=O) groups excluding carboxylic acids is 1. The summed E-state index contributed by atoms with van der Waals surface area (Å²) in [6.07, 6.45) is 3.60. The smallest absolute Gasteiger partial charge is 0.268 e. The van der Waals surface area contributed by atoms with E-state index >= 15 is 0 Å². The fourth-order valence-corrected chi connectivity index (χ4v) is 5.74. The zero-order chi connectivity index (χ0) is 21.3. The highest BCUT2D eigenvalue weighted by atomic mass is 32.1. The van der Waals surface area contributed by atoms with Crippen molar-refractivity contribution >= 4 is 31.0 Å². The highest BCUT2D eigenvalue weighted by Gasteiger charge is 2.40. The number of thiophene rings is 1. The molecule has 1 amide bonds. The van der Waals surface area contributed by atoms with Crippen LogP contribution in [0.15, 0.2) is 12.4 Å². The topological polar surface area (TPSA) is 79.9 Å². The Hall–Kier alpha value is -1.88. The summed E-state index contributed by atoms with van der Waals surface area (Å²) in [5.74, 6) is 0.766. The van der Waals surface area contributed by atoms with Crippen LogP contribution in [0.3, 0.4) is 0 Å². The third kappa shape index (κ3) is 4.27. The number of methoxy groups -OCH3 is 1. The van der Waals surface area contributed by atoms with Gasteiger partial charge in [0.05, 0.1) is 30.3 Å². The summed E-state index contributed by atoms with van der Waals surface area (Å²) in [6, 6.07) is 1.00. The van der Waals surface area contributed by atoms with Gasteiger partial charge in [-0.2, -0.15) is 5.10 Å². The zero-order valence-corrected chi connectivity index (χ0v) is 19.9. The summed E-state index contributed by atoms with van der Waals surface area (Å²) < 4.78 is 17.5. The molecule has 2 aromatic heterocycles. The minimum Gasteiger partial charge on any atom is -0.488 e. The molecule has 8 nitrogen and oxygen atoms in total. The number of hydrogen-bond donors (Lipinski definition) is 1. The second-order valence-electron chi connectivity index (χ2n) is 8.95. The second-order valence-corrected chi connectivity index (χ2v) is 15.6. The molecule has 2 aromatic rings. The SMILES string of the molecule is COCC1CN2CCOc3c(-c4cn[nH]c4)sc(c32)C(=O)N1COCC[Si](C)(C)C. The quantitative estimate of drug-likeness (QED) is 0.492. The molecule has 4 rings (SSSR count). The van der Waals surface area contributed by atoms with Crippen molar-refractivity contribution in [2.45, 2.75) is 31.7 Å². The lowest BCUT2D eigenvalue weighted by Crippen LogP contribution is -2.49. The van der Waals surface area contributed by atoms with Crippen LogP contribution in [0.5, 0.6) is 5.75 Å². The van der Waals surface area contributed by atoms with Crippen molar-refractivity contribution in [1.82, 2.24) is 15.1 Å². The Morgan fingerprint density at radius 1 is 1.37 bits per heavy atom. The van der Waals surface area contributed by atoms with Gasteiger partial charge in [-0.1, -0.05) is 19.6 Å². The van der Waals surface area contributed by atoms with Crippen molar-refractivity contribution in [1.29, 1.82) is 0 Å². The molecule has 1 unspecified atom stereocenters. The van der Waals surface area contributed by atoms with Crippen LogP contribution in [0.25, 0.3) is 10.4 Å². The molecule has 0 saturated heterocycles. The van der Waals surface area contributed by atoms with Crippen LogP contribution in [0, 0.1) is 0 Å². The van der Waals surface area contributed by atoms with Gasteiger partial charge in [0.1, 0.15) is 23.9 Å². The number of ether oxygens (including phenoxy) is 3. The van der Waals surface area contributed by atoms with E-state index in [0.29, 0.717) is 31.2 Å². The summed E-state index contributed by atoms with van der Waals surface area (Å²) in [5, 5.41) is 6.91. The summed E-state index contributed by atoms with van der Waals surface area (Å²) >= 11 is 1.47. The van der Waals surface area contributed by atoms with Gasteiger partial charge in [-0.3, -0.25) is 9.89 Å². The summed E-state index contributed by atoms with van der Waals surface area (Å²) in [5.41, 5.74) is 1.84. The molecule has 2 aliphatic rings. The van der Waals surface area contributed by atoms with Crippen molar-refractivity contribution in [3.8, 4) is 16.2 Å². The maximum atomic E-state index is 13.6. The van der Waals surface area contributed by atoms with Crippen molar-refractivity contribution < 1.29 is 19.0 Å². The molecule has 0 aromatic carbocycles. The largest absolute Gasteiger partial charge is 0.488 e. The molecular formula is C20H30N4O4SSi. The lowest BCUT2D eigenvalue weighted by molar-refractivity contribution is -0.00114. The van der Waals surface area contributed by atoms with Crippen molar-refractivity contribution in [3.63, 3.8) is 0 Å². The molecule has 0 radical (unpaired) electrons. The molecular weight excluding hydrogens is 420 g/mol. The molecule has 10 heteroatoms. The van der Waals surface area contributed by atoms with Gasteiger partial charge in [0.2, 0.25) is 0 Å². The number of anilines is 1. The number of nitrogens with zero attached hydrogens (tertiary/aromatic N) is 3.